The van der Waals surface area contributed by atoms with Gasteiger partial charge in [0.1, 0.15) is 0 Å². The van der Waals surface area contributed by atoms with Crippen molar-refractivity contribution in [2.75, 3.05) is 33.9 Å². The number of nitrogens with one attached hydrogen (secondary N) is 1. The van der Waals surface area contributed by atoms with Crippen LogP contribution in [0.3, 0.4) is 0 Å². The van der Waals surface area contributed by atoms with Crippen molar-refractivity contribution in [3.8, 4) is 11.5 Å². The van der Waals surface area contributed by atoms with Crippen LogP contribution in [0.15, 0.2) is 24.3 Å². The van der Waals surface area contributed by atoms with E-state index in [2.05, 4.69) is 5.32 Å². The molecular weight excluding hydrogens is 332 g/mol. The number of amides is 2. The van der Waals surface area contributed by atoms with Crippen LogP contribution in [-0.4, -0.2) is 50.6 Å². The smallest absolute Gasteiger partial charge is 0.246 e. The molecule has 0 atom stereocenters. The molecular formula is C20H28N2O4. The molecule has 26 heavy (non-hydrogen) atoms. The minimum atomic E-state index is -0.0350. The molecule has 0 aliphatic carbocycles. The van der Waals surface area contributed by atoms with Crippen molar-refractivity contribution in [1.29, 1.82) is 0 Å². The highest BCUT2D eigenvalue weighted by Gasteiger charge is 2.26. The van der Waals surface area contributed by atoms with Gasteiger partial charge in [-0.15, -0.1) is 0 Å². The summed E-state index contributed by atoms with van der Waals surface area (Å²) in [5.74, 6) is 1.37. The van der Waals surface area contributed by atoms with E-state index in [1.807, 2.05) is 25.1 Å². The number of benzene rings is 1. The standard InChI is InChI=1S/C20H28N2O4/c1-4-11-21-20(24)16-9-12-22(13-10-16)19(23)8-6-15-5-7-17(25-2)18(14-15)26-3/h5-8,14,16H,4,9-13H2,1-3H3,(H,21,24)/b8-6+. The Morgan fingerprint density at radius 2 is 1.88 bits per heavy atom. The maximum absolute atomic E-state index is 12.4. The van der Waals surface area contributed by atoms with Crippen LogP contribution >= 0.6 is 0 Å². The van der Waals surface area contributed by atoms with E-state index in [0.717, 1.165) is 12.0 Å². The summed E-state index contributed by atoms with van der Waals surface area (Å²) in [7, 11) is 3.17. The molecule has 1 aromatic carbocycles. The van der Waals surface area contributed by atoms with Crippen LogP contribution in [0.25, 0.3) is 6.08 Å². The maximum atomic E-state index is 12.4. The molecule has 0 spiro atoms. The van der Waals surface area contributed by atoms with Crippen LogP contribution in [0.5, 0.6) is 11.5 Å². The third-order valence-electron chi connectivity index (χ3n) is 4.55. The van der Waals surface area contributed by atoms with Crippen molar-refractivity contribution in [1.82, 2.24) is 10.2 Å². The lowest BCUT2D eigenvalue weighted by Gasteiger charge is -2.30. The molecule has 1 aliphatic rings. The summed E-state index contributed by atoms with van der Waals surface area (Å²) >= 11 is 0. The summed E-state index contributed by atoms with van der Waals surface area (Å²) in [5.41, 5.74) is 0.866. The number of carbonyl (C=O) groups excluding carboxylic acids is 2. The fourth-order valence-electron chi connectivity index (χ4n) is 2.98. The summed E-state index contributed by atoms with van der Waals surface area (Å²) in [6.07, 6.45) is 5.70. The van der Waals surface area contributed by atoms with Gasteiger partial charge >= 0.3 is 0 Å². The second-order valence-electron chi connectivity index (χ2n) is 6.34. The van der Waals surface area contributed by atoms with Gasteiger partial charge in [-0.1, -0.05) is 13.0 Å². The molecule has 0 radical (unpaired) electrons. The van der Waals surface area contributed by atoms with Gasteiger partial charge in [0.05, 0.1) is 14.2 Å². The predicted octanol–water partition coefficient (Wildman–Crippen LogP) is 2.48. The van der Waals surface area contributed by atoms with Gasteiger partial charge in [-0.05, 0) is 43.0 Å². The monoisotopic (exact) mass is 360 g/mol. The lowest BCUT2D eigenvalue weighted by molar-refractivity contribution is -0.132. The second-order valence-corrected chi connectivity index (χ2v) is 6.34. The summed E-state index contributed by atoms with van der Waals surface area (Å²) in [5, 5.41) is 2.93. The Morgan fingerprint density at radius 3 is 2.50 bits per heavy atom. The van der Waals surface area contributed by atoms with E-state index in [1.165, 1.54) is 0 Å². The molecule has 142 valence electrons. The van der Waals surface area contributed by atoms with E-state index in [9.17, 15) is 9.59 Å². The van der Waals surface area contributed by atoms with Crippen molar-refractivity contribution in [2.45, 2.75) is 26.2 Å². The van der Waals surface area contributed by atoms with Gasteiger partial charge in [0.15, 0.2) is 11.5 Å². The lowest BCUT2D eigenvalue weighted by Crippen LogP contribution is -2.42. The Hall–Kier alpha value is -2.50. The molecule has 2 rings (SSSR count). The summed E-state index contributed by atoms with van der Waals surface area (Å²) < 4.78 is 10.5. The number of piperidine rings is 1. The average Bonchev–Trinajstić information content (AvgIpc) is 2.69. The quantitative estimate of drug-likeness (QED) is 0.759. The van der Waals surface area contributed by atoms with E-state index in [0.29, 0.717) is 44.0 Å². The zero-order valence-electron chi connectivity index (χ0n) is 15.8. The normalized spacial score (nSPS) is 15.1. The molecule has 1 saturated heterocycles. The van der Waals surface area contributed by atoms with Crippen molar-refractivity contribution < 1.29 is 19.1 Å². The first-order valence-electron chi connectivity index (χ1n) is 9.05. The molecule has 1 N–H and O–H groups in total. The SMILES string of the molecule is CCCNC(=O)C1CCN(C(=O)/C=C/c2ccc(OC)c(OC)c2)CC1. The second kappa shape index (κ2) is 9.85. The van der Waals surface area contributed by atoms with Crippen LogP contribution in [-0.2, 0) is 9.59 Å². The number of hydrogen-bond acceptors (Lipinski definition) is 4. The molecule has 0 saturated carbocycles. The first-order valence-corrected chi connectivity index (χ1v) is 9.05. The average molecular weight is 360 g/mol. The number of carbonyl (C=O) groups is 2. The number of nitrogens with zero attached hydrogens (tertiary/aromatic N) is 1. The lowest BCUT2D eigenvalue weighted by atomic mass is 9.96. The van der Waals surface area contributed by atoms with E-state index < -0.39 is 0 Å². The third kappa shape index (κ3) is 5.25. The zero-order chi connectivity index (χ0) is 18.9. The van der Waals surface area contributed by atoms with Crippen LogP contribution < -0.4 is 14.8 Å². The number of rotatable bonds is 7. The molecule has 1 fully saturated rings. The zero-order valence-corrected chi connectivity index (χ0v) is 15.8. The molecule has 6 heteroatoms. The van der Waals surface area contributed by atoms with E-state index >= 15 is 0 Å². The number of ether oxygens (including phenoxy) is 2. The van der Waals surface area contributed by atoms with Gasteiger partial charge in [-0.3, -0.25) is 9.59 Å². The molecule has 6 nitrogen and oxygen atoms in total. The fourth-order valence-corrected chi connectivity index (χ4v) is 2.98. The van der Waals surface area contributed by atoms with Gasteiger partial charge in [0.2, 0.25) is 11.8 Å². The van der Waals surface area contributed by atoms with Crippen molar-refractivity contribution in [3.05, 3.63) is 29.8 Å². The topological polar surface area (TPSA) is 67.9 Å². The van der Waals surface area contributed by atoms with Gasteiger partial charge in [0.25, 0.3) is 0 Å². The van der Waals surface area contributed by atoms with Crippen molar-refractivity contribution in [3.63, 3.8) is 0 Å². The number of methoxy groups -OCH3 is 2. The molecule has 1 heterocycles. The molecule has 0 unspecified atom stereocenters. The third-order valence-corrected chi connectivity index (χ3v) is 4.55. The largest absolute Gasteiger partial charge is 0.493 e. The van der Waals surface area contributed by atoms with Gasteiger partial charge in [-0.2, -0.15) is 0 Å². The molecule has 1 aliphatic heterocycles. The van der Waals surface area contributed by atoms with E-state index in [1.54, 1.807) is 31.3 Å². The van der Waals surface area contributed by atoms with Gasteiger partial charge in [-0.25, -0.2) is 0 Å². The summed E-state index contributed by atoms with van der Waals surface area (Å²) in [4.78, 5) is 26.2. The minimum Gasteiger partial charge on any atom is -0.493 e. The van der Waals surface area contributed by atoms with Crippen LogP contribution in [0.1, 0.15) is 31.7 Å². The van der Waals surface area contributed by atoms with Crippen LogP contribution in [0.2, 0.25) is 0 Å². The Labute approximate surface area is 155 Å². The van der Waals surface area contributed by atoms with Gasteiger partial charge in [0, 0.05) is 31.6 Å². The molecule has 1 aromatic rings. The predicted molar refractivity (Wildman–Crippen MR) is 101 cm³/mol. The molecule has 0 aromatic heterocycles. The summed E-state index contributed by atoms with van der Waals surface area (Å²) in [6, 6.07) is 5.51. The first-order chi connectivity index (χ1) is 12.6. The Bertz CT molecular complexity index is 649. The highest BCUT2D eigenvalue weighted by molar-refractivity contribution is 5.92. The summed E-state index contributed by atoms with van der Waals surface area (Å²) in [6.45, 7) is 3.97. The molecule has 2 amide bonds. The maximum Gasteiger partial charge on any atom is 0.246 e. The number of likely N-dealkylation sites (tertiary alicyclic amines) is 1. The highest BCUT2D eigenvalue weighted by Crippen LogP contribution is 2.28. The fraction of sp³-hybridized carbons (Fsp3) is 0.500. The van der Waals surface area contributed by atoms with E-state index in [4.69, 9.17) is 9.47 Å². The van der Waals surface area contributed by atoms with Crippen molar-refractivity contribution >= 4 is 17.9 Å². The van der Waals surface area contributed by atoms with E-state index in [-0.39, 0.29) is 17.7 Å². The Morgan fingerprint density at radius 1 is 1.19 bits per heavy atom. The Balaban J connectivity index is 1.89. The van der Waals surface area contributed by atoms with Crippen LogP contribution in [0.4, 0.5) is 0 Å². The Kier molecular flexibility index (Phi) is 7.51. The van der Waals surface area contributed by atoms with Gasteiger partial charge < -0.3 is 19.7 Å². The molecule has 0 bridgehead atoms. The first kappa shape index (κ1) is 19.8. The van der Waals surface area contributed by atoms with Crippen LogP contribution in [0, 0.1) is 5.92 Å². The number of hydrogen-bond donors (Lipinski definition) is 1. The minimum absolute atomic E-state index is 0.0143. The highest BCUT2D eigenvalue weighted by atomic mass is 16.5. The van der Waals surface area contributed by atoms with Crippen molar-refractivity contribution in [2.24, 2.45) is 5.92 Å².